The third-order valence-electron chi connectivity index (χ3n) is 2.64. The van der Waals surface area contributed by atoms with Gasteiger partial charge in [0.1, 0.15) is 6.33 Å². The van der Waals surface area contributed by atoms with Crippen molar-refractivity contribution in [1.29, 1.82) is 0 Å². The highest BCUT2D eigenvalue weighted by molar-refractivity contribution is 7.16. The maximum absolute atomic E-state index is 5.97. The smallest absolute Gasteiger partial charge is 0.115 e. The quantitative estimate of drug-likeness (QED) is 0.881. The Morgan fingerprint density at radius 2 is 2.28 bits per heavy atom. The molecule has 2 heterocycles. The normalized spacial score (nSPS) is 12.6. The van der Waals surface area contributed by atoms with Crippen LogP contribution in [0, 0.1) is 0 Å². The second-order valence-electron chi connectivity index (χ2n) is 4.05. The molecule has 2 aromatic heterocycles. The summed E-state index contributed by atoms with van der Waals surface area (Å²) in [5, 5.41) is 3.52. The highest BCUT2D eigenvalue weighted by atomic mass is 35.5. The molecule has 5 heteroatoms. The highest BCUT2D eigenvalue weighted by Gasteiger charge is 2.13. The number of hydrogen-bond donors (Lipinski definition) is 1. The van der Waals surface area contributed by atoms with E-state index < -0.39 is 0 Å². The molecule has 0 aromatic carbocycles. The Balaban J connectivity index is 2.10. The summed E-state index contributed by atoms with van der Waals surface area (Å²) in [6.45, 7) is 3.14. The van der Waals surface area contributed by atoms with E-state index in [1.54, 1.807) is 23.9 Å². The molecular formula is C13H16ClN3S. The minimum Gasteiger partial charge on any atom is -0.308 e. The van der Waals surface area contributed by atoms with Gasteiger partial charge in [0, 0.05) is 17.5 Å². The van der Waals surface area contributed by atoms with E-state index in [0.717, 1.165) is 29.4 Å². The molecule has 0 bridgehead atoms. The van der Waals surface area contributed by atoms with Crippen molar-refractivity contribution in [2.45, 2.75) is 25.8 Å². The topological polar surface area (TPSA) is 37.8 Å². The number of rotatable bonds is 6. The molecule has 0 aliphatic carbocycles. The van der Waals surface area contributed by atoms with E-state index in [1.807, 2.05) is 12.1 Å². The van der Waals surface area contributed by atoms with Crippen molar-refractivity contribution in [2.75, 3.05) is 6.54 Å². The Morgan fingerprint density at radius 3 is 2.89 bits per heavy atom. The van der Waals surface area contributed by atoms with Crippen LogP contribution in [-0.2, 0) is 6.42 Å². The van der Waals surface area contributed by atoms with E-state index >= 15 is 0 Å². The van der Waals surface area contributed by atoms with Gasteiger partial charge in [0.2, 0.25) is 0 Å². The summed E-state index contributed by atoms with van der Waals surface area (Å²) < 4.78 is 0.835. The van der Waals surface area contributed by atoms with E-state index in [0.29, 0.717) is 0 Å². The van der Waals surface area contributed by atoms with Gasteiger partial charge < -0.3 is 5.32 Å². The van der Waals surface area contributed by atoms with Crippen molar-refractivity contribution >= 4 is 22.9 Å². The van der Waals surface area contributed by atoms with E-state index in [9.17, 15) is 0 Å². The SMILES string of the molecule is CCCNC(Cc1ccc(Cl)s1)c1ccncn1. The third-order valence-corrected chi connectivity index (χ3v) is 3.89. The highest BCUT2D eigenvalue weighted by Crippen LogP contribution is 2.25. The van der Waals surface area contributed by atoms with Crippen LogP contribution in [0.5, 0.6) is 0 Å². The molecule has 2 aromatic rings. The molecule has 2 rings (SSSR count). The first-order valence-electron chi connectivity index (χ1n) is 6.03. The largest absolute Gasteiger partial charge is 0.308 e. The molecule has 0 aliphatic rings. The molecule has 1 unspecified atom stereocenters. The van der Waals surface area contributed by atoms with E-state index in [4.69, 9.17) is 11.6 Å². The van der Waals surface area contributed by atoms with Crippen molar-refractivity contribution in [2.24, 2.45) is 0 Å². The number of aromatic nitrogens is 2. The monoisotopic (exact) mass is 281 g/mol. The molecule has 1 atom stereocenters. The molecule has 18 heavy (non-hydrogen) atoms. The lowest BCUT2D eigenvalue weighted by Gasteiger charge is -2.16. The molecule has 1 N–H and O–H groups in total. The molecule has 0 aliphatic heterocycles. The molecule has 0 saturated carbocycles. The predicted octanol–water partition coefficient (Wildman–Crippen LogP) is 3.47. The number of nitrogens with zero attached hydrogens (tertiary/aromatic N) is 2. The molecule has 0 saturated heterocycles. The van der Waals surface area contributed by atoms with Crippen LogP contribution in [0.3, 0.4) is 0 Å². The van der Waals surface area contributed by atoms with Gasteiger partial charge in [-0.25, -0.2) is 9.97 Å². The zero-order chi connectivity index (χ0) is 12.8. The summed E-state index contributed by atoms with van der Waals surface area (Å²) in [6, 6.07) is 6.21. The van der Waals surface area contributed by atoms with E-state index in [-0.39, 0.29) is 6.04 Å². The van der Waals surface area contributed by atoms with Gasteiger partial charge in [-0.1, -0.05) is 18.5 Å². The Morgan fingerprint density at radius 1 is 1.39 bits per heavy atom. The maximum atomic E-state index is 5.97. The molecular weight excluding hydrogens is 266 g/mol. The van der Waals surface area contributed by atoms with Gasteiger partial charge in [-0.2, -0.15) is 0 Å². The fourth-order valence-electron chi connectivity index (χ4n) is 1.77. The van der Waals surface area contributed by atoms with Crippen molar-refractivity contribution < 1.29 is 0 Å². The number of hydrogen-bond acceptors (Lipinski definition) is 4. The molecule has 0 spiro atoms. The van der Waals surface area contributed by atoms with E-state index in [1.165, 1.54) is 4.88 Å². The maximum Gasteiger partial charge on any atom is 0.115 e. The third kappa shape index (κ3) is 3.77. The lowest BCUT2D eigenvalue weighted by Crippen LogP contribution is -2.24. The summed E-state index contributed by atoms with van der Waals surface area (Å²) in [6.07, 6.45) is 5.39. The second kappa shape index (κ2) is 6.83. The summed E-state index contributed by atoms with van der Waals surface area (Å²) in [5.74, 6) is 0. The lowest BCUT2D eigenvalue weighted by molar-refractivity contribution is 0.519. The first-order chi connectivity index (χ1) is 8.79. The fraction of sp³-hybridized carbons (Fsp3) is 0.385. The van der Waals surface area contributed by atoms with Crippen LogP contribution < -0.4 is 5.32 Å². The Bertz CT molecular complexity index is 472. The molecule has 3 nitrogen and oxygen atoms in total. The molecule has 0 fully saturated rings. The van der Waals surface area contributed by atoms with Crippen molar-refractivity contribution in [3.63, 3.8) is 0 Å². The van der Waals surface area contributed by atoms with Gasteiger partial charge in [0.05, 0.1) is 16.1 Å². The van der Waals surface area contributed by atoms with E-state index in [2.05, 4.69) is 28.3 Å². The van der Waals surface area contributed by atoms with Gasteiger partial charge in [-0.3, -0.25) is 0 Å². The summed E-state index contributed by atoms with van der Waals surface area (Å²) in [4.78, 5) is 9.57. The average Bonchev–Trinajstić information content (AvgIpc) is 2.81. The zero-order valence-electron chi connectivity index (χ0n) is 10.3. The predicted molar refractivity (Wildman–Crippen MR) is 76.1 cm³/mol. The second-order valence-corrected chi connectivity index (χ2v) is 5.85. The Labute approximate surface area is 116 Å². The van der Waals surface area contributed by atoms with Crippen LogP contribution in [0.1, 0.15) is 30.0 Å². The van der Waals surface area contributed by atoms with Gasteiger partial charge in [0.15, 0.2) is 0 Å². The van der Waals surface area contributed by atoms with Crippen molar-refractivity contribution in [1.82, 2.24) is 15.3 Å². The van der Waals surface area contributed by atoms with Gasteiger partial charge in [0.25, 0.3) is 0 Å². The first kappa shape index (κ1) is 13.5. The van der Waals surface area contributed by atoms with Gasteiger partial charge in [-0.15, -0.1) is 11.3 Å². The fourth-order valence-corrected chi connectivity index (χ4v) is 2.90. The molecule has 0 amide bonds. The van der Waals surface area contributed by atoms with Crippen LogP contribution >= 0.6 is 22.9 Å². The number of nitrogens with one attached hydrogen (secondary N) is 1. The average molecular weight is 282 g/mol. The number of halogens is 1. The van der Waals surface area contributed by atoms with Crippen molar-refractivity contribution in [3.05, 3.63) is 45.6 Å². The Kier molecular flexibility index (Phi) is 5.11. The van der Waals surface area contributed by atoms with Crippen LogP contribution in [-0.4, -0.2) is 16.5 Å². The minimum atomic E-state index is 0.225. The minimum absolute atomic E-state index is 0.225. The van der Waals surface area contributed by atoms with Gasteiger partial charge in [-0.05, 0) is 31.2 Å². The summed E-state index contributed by atoms with van der Waals surface area (Å²) in [7, 11) is 0. The summed E-state index contributed by atoms with van der Waals surface area (Å²) >= 11 is 7.59. The standard InChI is InChI=1S/C13H16ClN3S/c1-2-6-16-12(11-5-7-15-9-17-11)8-10-3-4-13(14)18-10/h3-5,7,9,12,16H,2,6,8H2,1H3. The van der Waals surface area contributed by atoms with Crippen LogP contribution in [0.4, 0.5) is 0 Å². The molecule has 0 radical (unpaired) electrons. The lowest BCUT2D eigenvalue weighted by atomic mass is 10.1. The van der Waals surface area contributed by atoms with Crippen molar-refractivity contribution in [3.8, 4) is 0 Å². The number of thiophene rings is 1. The molecule has 96 valence electrons. The summed E-state index contributed by atoms with van der Waals surface area (Å²) in [5.41, 5.74) is 1.03. The van der Waals surface area contributed by atoms with Crippen LogP contribution in [0.2, 0.25) is 4.34 Å². The van der Waals surface area contributed by atoms with Crippen LogP contribution in [0.25, 0.3) is 0 Å². The first-order valence-corrected chi connectivity index (χ1v) is 7.22. The van der Waals surface area contributed by atoms with Crippen LogP contribution in [0.15, 0.2) is 30.7 Å². The Hall–Kier alpha value is -0.970. The zero-order valence-corrected chi connectivity index (χ0v) is 11.8. The van der Waals surface area contributed by atoms with Gasteiger partial charge >= 0.3 is 0 Å².